The highest BCUT2D eigenvalue weighted by atomic mass is 19.1. The number of guanidine groups is 1. The van der Waals surface area contributed by atoms with E-state index in [0.717, 1.165) is 45.1 Å². The van der Waals surface area contributed by atoms with E-state index in [-0.39, 0.29) is 11.0 Å². The highest BCUT2D eigenvalue weighted by Crippen LogP contribution is 2.38. The SMILES string of the molecule is CN=C(NCCc1c(F)cccc1F)N1CCC2(CCOC2)C1. The third-order valence-electron chi connectivity index (χ3n) is 4.85. The first-order valence-corrected chi connectivity index (χ1v) is 8.10. The second kappa shape index (κ2) is 6.83. The van der Waals surface area contributed by atoms with E-state index in [1.807, 2.05) is 0 Å². The van der Waals surface area contributed by atoms with Crippen molar-refractivity contribution in [1.82, 2.24) is 10.2 Å². The van der Waals surface area contributed by atoms with Crippen molar-refractivity contribution in [2.45, 2.75) is 19.3 Å². The molecule has 2 fully saturated rings. The van der Waals surface area contributed by atoms with Crippen molar-refractivity contribution in [3.8, 4) is 0 Å². The molecule has 2 saturated heterocycles. The Morgan fingerprint density at radius 3 is 2.78 bits per heavy atom. The summed E-state index contributed by atoms with van der Waals surface area (Å²) in [5.41, 5.74) is 0.382. The van der Waals surface area contributed by atoms with Crippen molar-refractivity contribution in [2.24, 2.45) is 10.4 Å². The molecule has 0 saturated carbocycles. The Morgan fingerprint density at radius 2 is 2.13 bits per heavy atom. The zero-order valence-corrected chi connectivity index (χ0v) is 13.4. The molecule has 2 aliphatic rings. The number of rotatable bonds is 3. The van der Waals surface area contributed by atoms with Crippen molar-refractivity contribution in [1.29, 1.82) is 0 Å². The normalized spacial score (nSPS) is 24.7. The lowest BCUT2D eigenvalue weighted by molar-refractivity contribution is 0.156. The second-order valence-corrected chi connectivity index (χ2v) is 6.40. The first-order valence-electron chi connectivity index (χ1n) is 8.10. The number of nitrogens with zero attached hydrogens (tertiary/aromatic N) is 2. The minimum Gasteiger partial charge on any atom is -0.381 e. The van der Waals surface area contributed by atoms with Gasteiger partial charge in [0.05, 0.1) is 6.61 Å². The summed E-state index contributed by atoms with van der Waals surface area (Å²) in [5, 5.41) is 3.22. The maximum Gasteiger partial charge on any atom is 0.193 e. The monoisotopic (exact) mass is 323 g/mol. The molecule has 6 heteroatoms. The summed E-state index contributed by atoms with van der Waals surface area (Å²) in [5.74, 6) is -0.194. The minimum absolute atomic E-state index is 0.123. The van der Waals surface area contributed by atoms with Gasteiger partial charge < -0.3 is 15.0 Å². The van der Waals surface area contributed by atoms with Crippen LogP contribution in [-0.2, 0) is 11.2 Å². The number of halogens is 2. The number of hydrogen-bond donors (Lipinski definition) is 1. The quantitative estimate of drug-likeness (QED) is 0.684. The molecular weight excluding hydrogens is 300 g/mol. The maximum atomic E-state index is 13.6. The average molecular weight is 323 g/mol. The van der Waals surface area contributed by atoms with Crippen molar-refractivity contribution in [2.75, 3.05) is 39.9 Å². The molecule has 1 spiro atoms. The van der Waals surface area contributed by atoms with E-state index in [1.54, 1.807) is 7.05 Å². The van der Waals surface area contributed by atoms with Crippen LogP contribution in [0.2, 0.25) is 0 Å². The van der Waals surface area contributed by atoms with Crippen LogP contribution >= 0.6 is 0 Å². The third-order valence-corrected chi connectivity index (χ3v) is 4.85. The van der Waals surface area contributed by atoms with Crippen LogP contribution in [0.15, 0.2) is 23.2 Å². The molecule has 4 nitrogen and oxygen atoms in total. The molecule has 1 N–H and O–H groups in total. The minimum atomic E-state index is -0.495. The average Bonchev–Trinajstić information content (AvgIpc) is 3.17. The molecule has 1 aromatic rings. The van der Waals surface area contributed by atoms with Crippen LogP contribution in [0.1, 0.15) is 18.4 Å². The Bertz CT molecular complexity index is 565. The fourth-order valence-electron chi connectivity index (χ4n) is 3.49. The van der Waals surface area contributed by atoms with Gasteiger partial charge in [0.15, 0.2) is 5.96 Å². The predicted octanol–water partition coefficient (Wildman–Crippen LogP) is 2.20. The van der Waals surface area contributed by atoms with Crippen LogP contribution < -0.4 is 5.32 Å². The molecule has 2 heterocycles. The lowest BCUT2D eigenvalue weighted by atomic mass is 9.87. The van der Waals surface area contributed by atoms with Gasteiger partial charge in [0, 0.05) is 44.3 Å². The van der Waals surface area contributed by atoms with E-state index in [0.29, 0.717) is 13.0 Å². The zero-order chi connectivity index (χ0) is 16.3. The van der Waals surface area contributed by atoms with Crippen molar-refractivity contribution < 1.29 is 13.5 Å². The number of likely N-dealkylation sites (tertiary alicyclic amines) is 1. The molecule has 0 bridgehead atoms. The molecule has 2 aliphatic heterocycles. The first-order chi connectivity index (χ1) is 11.1. The Morgan fingerprint density at radius 1 is 1.35 bits per heavy atom. The van der Waals surface area contributed by atoms with Crippen LogP contribution in [0, 0.1) is 17.0 Å². The fraction of sp³-hybridized carbons (Fsp3) is 0.588. The Kier molecular flexibility index (Phi) is 4.80. The maximum absolute atomic E-state index is 13.6. The van der Waals surface area contributed by atoms with Gasteiger partial charge in [0.1, 0.15) is 11.6 Å². The summed E-state index contributed by atoms with van der Waals surface area (Å²) in [7, 11) is 1.74. The Labute approximate surface area is 135 Å². The molecule has 0 radical (unpaired) electrons. The van der Waals surface area contributed by atoms with Crippen molar-refractivity contribution in [3.63, 3.8) is 0 Å². The van der Waals surface area contributed by atoms with Gasteiger partial charge in [0.25, 0.3) is 0 Å². The molecule has 1 atom stereocenters. The van der Waals surface area contributed by atoms with Crippen LogP contribution in [0.3, 0.4) is 0 Å². The van der Waals surface area contributed by atoms with Crippen LogP contribution in [-0.4, -0.2) is 50.8 Å². The van der Waals surface area contributed by atoms with E-state index in [2.05, 4.69) is 15.2 Å². The van der Waals surface area contributed by atoms with Crippen molar-refractivity contribution >= 4 is 5.96 Å². The molecule has 126 valence electrons. The lowest BCUT2D eigenvalue weighted by Crippen LogP contribution is -2.42. The fourth-order valence-corrected chi connectivity index (χ4v) is 3.49. The Balaban J connectivity index is 1.55. The molecule has 3 rings (SSSR count). The highest BCUT2D eigenvalue weighted by Gasteiger charge is 2.42. The summed E-state index contributed by atoms with van der Waals surface area (Å²) in [6.45, 7) is 3.98. The number of aliphatic imine (C=N–C) groups is 1. The van der Waals surface area contributed by atoms with Gasteiger partial charge in [-0.3, -0.25) is 4.99 Å². The predicted molar refractivity (Wildman–Crippen MR) is 85.5 cm³/mol. The number of benzene rings is 1. The van der Waals surface area contributed by atoms with Gasteiger partial charge in [-0.15, -0.1) is 0 Å². The summed E-state index contributed by atoms with van der Waals surface area (Å²) in [6.07, 6.45) is 2.50. The second-order valence-electron chi connectivity index (χ2n) is 6.40. The van der Waals surface area contributed by atoms with Gasteiger partial charge in [0.2, 0.25) is 0 Å². The summed E-state index contributed by atoms with van der Waals surface area (Å²) < 4.78 is 32.8. The molecular formula is C17H23F2N3O. The van der Waals surface area contributed by atoms with Gasteiger partial charge in [-0.25, -0.2) is 8.78 Å². The number of ether oxygens (including phenoxy) is 1. The molecule has 1 unspecified atom stereocenters. The number of hydrogen-bond acceptors (Lipinski definition) is 2. The van der Waals surface area contributed by atoms with E-state index >= 15 is 0 Å². The Hall–Kier alpha value is -1.69. The zero-order valence-electron chi connectivity index (χ0n) is 13.4. The smallest absolute Gasteiger partial charge is 0.193 e. The van der Waals surface area contributed by atoms with E-state index < -0.39 is 11.6 Å². The van der Waals surface area contributed by atoms with Gasteiger partial charge in [-0.1, -0.05) is 6.07 Å². The first kappa shape index (κ1) is 16.2. The van der Waals surface area contributed by atoms with Crippen LogP contribution in [0.5, 0.6) is 0 Å². The number of nitrogens with one attached hydrogen (secondary N) is 1. The van der Waals surface area contributed by atoms with E-state index in [1.165, 1.54) is 18.2 Å². The highest BCUT2D eigenvalue weighted by molar-refractivity contribution is 5.80. The van der Waals surface area contributed by atoms with E-state index in [9.17, 15) is 8.78 Å². The molecule has 0 amide bonds. The molecule has 0 aromatic heterocycles. The summed E-state index contributed by atoms with van der Waals surface area (Å²) >= 11 is 0. The van der Waals surface area contributed by atoms with Gasteiger partial charge in [-0.2, -0.15) is 0 Å². The van der Waals surface area contributed by atoms with Crippen molar-refractivity contribution in [3.05, 3.63) is 35.4 Å². The van der Waals surface area contributed by atoms with Gasteiger partial charge in [-0.05, 0) is 31.4 Å². The van der Waals surface area contributed by atoms with Crippen LogP contribution in [0.4, 0.5) is 8.78 Å². The molecule has 23 heavy (non-hydrogen) atoms. The lowest BCUT2D eigenvalue weighted by Gasteiger charge is -2.25. The topological polar surface area (TPSA) is 36.9 Å². The largest absolute Gasteiger partial charge is 0.381 e. The summed E-state index contributed by atoms with van der Waals surface area (Å²) in [6, 6.07) is 3.96. The molecule has 1 aromatic carbocycles. The van der Waals surface area contributed by atoms with Crippen LogP contribution in [0.25, 0.3) is 0 Å². The molecule has 0 aliphatic carbocycles. The standard InChI is InChI=1S/C17H23F2N3O/c1-20-16(22-9-6-17(11-22)7-10-23-12-17)21-8-5-13-14(18)3-2-4-15(13)19/h2-4H,5-12H2,1H3,(H,20,21). The summed E-state index contributed by atoms with van der Waals surface area (Å²) in [4.78, 5) is 6.52. The van der Waals surface area contributed by atoms with E-state index in [4.69, 9.17) is 4.74 Å². The van der Waals surface area contributed by atoms with Gasteiger partial charge >= 0.3 is 0 Å². The third kappa shape index (κ3) is 3.47.